The second-order valence-electron chi connectivity index (χ2n) is 10.9. The number of rotatable bonds is 8. The number of aromatic nitrogens is 4. The molecule has 204 valence electrons. The molecule has 0 unspecified atom stereocenters. The van der Waals surface area contributed by atoms with Gasteiger partial charge in [0.2, 0.25) is 5.91 Å². The van der Waals surface area contributed by atoms with Gasteiger partial charge in [0.15, 0.2) is 5.65 Å². The fraction of sp³-hybridized carbons (Fsp3) is 0.400. The van der Waals surface area contributed by atoms with Crippen molar-refractivity contribution in [2.75, 3.05) is 19.8 Å². The Balaban J connectivity index is 1.34. The summed E-state index contributed by atoms with van der Waals surface area (Å²) < 4.78 is 7.96. The van der Waals surface area contributed by atoms with Crippen molar-refractivity contribution >= 4 is 22.8 Å². The van der Waals surface area contributed by atoms with Crippen molar-refractivity contribution in [1.29, 1.82) is 0 Å². The molecule has 3 N–H and O–H groups in total. The van der Waals surface area contributed by atoms with E-state index < -0.39 is 0 Å². The molecule has 2 aromatic heterocycles. The van der Waals surface area contributed by atoms with Crippen LogP contribution >= 0.6 is 0 Å². The number of hydrogen-bond acceptors (Lipinski definition) is 7. The number of nitrogens with two attached hydrogens (primary N) is 1. The van der Waals surface area contributed by atoms with Gasteiger partial charge < -0.3 is 15.8 Å². The van der Waals surface area contributed by atoms with Crippen molar-refractivity contribution in [2.24, 2.45) is 5.92 Å². The topological polar surface area (TPSA) is 111 Å². The second kappa shape index (κ2) is 11.4. The Morgan fingerprint density at radius 2 is 1.67 bits per heavy atom. The van der Waals surface area contributed by atoms with Gasteiger partial charge in [0.25, 0.3) is 0 Å². The molecule has 1 aliphatic carbocycles. The van der Waals surface area contributed by atoms with Crippen LogP contribution in [-0.2, 0) is 4.79 Å². The highest BCUT2D eigenvalue weighted by atomic mass is 16.5. The third-order valence-electron chi connectivity index (χ3n) is 7.47. The maximum Gasteiger partial charge on any atom is 0.237 e. The average molecular weight is 528 g/mol. The Bertz CT molecular complexity index is 1400. The van der Waals surface area contributed by atoms with E-state index in [0.29, 0.717) is 5.82 Å². The van der Waals surface area contributed by atoms with Crippen LogP contribution in [0, 0.1) is 5.92 Å². The van der Waals surface area contributed by atoms with Gasteiger partial charge in [0.05, 0.1) is 17.5 Å². The van der Waals surface area contributed by atoms with Crippen LogP contribution < -0.4 is 15.8 Å². The summed E-state index contributed by atoms with van der Waals surface area (Å²) in [5.74, 6) is 2.29. The number of nitrogen functional groups attached to an aromatic ring is 1. The predicted octanol–water partition coefficient (Wildman–Crippen LogP) is 5.05. The van der Waals surface area contributed by atoms with Gasteiger partial charge >= 0.3 is 0 Å². The minimum atomic E-state index is -0.135. The summed E-state index contributed by atoms with van der Waals surface area (Å²) >= 11 is 0. The number of benzene rings is 2. The normalized spacial score (nSPS) is 18.4. The number of carbonyl (C=O) groups is 1. The van der Waals surface area contributed by atoms with Gasteiger partial charge in [-0.1, -0.05) is 32.0 Å². The second-order valence-corrected chi connectivity index (χ2v) is 10.9. The summed E-state index contributed by atoms with van der Waals surface area (Å²) in [6, 6.07) is 17.7. The zero-order valence-corrected chi connectivity index (χ0v) is 23.0. The molecule has 1 amide bonds. The maximum atomic E-state index is 12.9. The zero-order chi connectivity index (χ0) is 27.5. The van der Waals surface area contributed by atoms with Crippen LogP contribution in [0.25, 0.3) is 22.3 Å². The number of nitrogens with zero attached hydrogens (tertiary/aromatic N) is 5. The molecule has 0 aliphatic heterocycles. The van der Waals surface area contributed by atoms with E-state index in [1.165, 1.54) is 6.33 Å². The number of ether oxygens (including phenoxy) is 1. The summed E-state index contributed by atoms with van der Waals surface area (Å²) in [6.45, 7) is 4.16. The van der Waals surface area contributed by atoms with Crippen LogP contribution in [0.5, 0.6) is 11.5 Å². The van der Waals surface area contributed by atoms with Crippen molar-refractivity contribution in [1.82, 2.24) is 30.0 Å². The van der Waals surface area contributed by atoms with Gasteiger partial charge in [0.1, 0.15) is 29.3 Å². The predicted molar refractivity (Wildman–Crippen MR) is 153 cm³/mol. The van der Waals surface area contributed by atoms with Crippen LogP contribution in [0.15, 0.2) is 60.9 Å². The van der Waals surface area contributed by atoms with Gasteiger partial charge in [0, 0.05) is 11.6 Å². The SMILES string of the molecule is CC(C)[C@@H](C(=O)NC1CCC(n2nc(-c3ccc(Oc4ccccc4)cc3)c3c(N)ncnc32)CC1)N(C)C. The Hall–Kier alpha value is -3.98. The first-order chi connectivity index (χ1) is 18.8. The van der Waals surface area contributed by atoms with Crippen LogP contribution in [0.1, 0.15) is 45.6 Å². The lowest BCUT2D eigenvalue weighted by Gasteiger charge is -2.33. The highest BCUT2D eigenvalue weighted by Crippen LogP contribution is 2.36. The molecule has 5 rings (SSSR count). The van der Waals surface area contributed by atoms with Gasteiger partial charge in [-0.2, -0.15) is 5.10 Å². The molecular formula is C30H37N7O2. The monoisotopic (exact) mass is 527 g/mol. The number of likely N-dealkylation sites (N-methyl/N-ethyl adjacent to an activating group) is 1. The number of hydrogen-bond donors (Lipinski definition) is 2. The van der Waals surface area contributed by atoms with Crippen molar-refractivity contribution in [3.8, 4) is 22.8 Å². The maximum absolute atomic E-state index is 12.9. The van der Waals surface area contributed by atoms with Crippen molar-refractivity contribution in [3.63, 3.8) is 0 Å². The molecule has 9 heteroatoms. The first kappa shape index (κ1) is 26.6. The Labute approximate surface area is 229 Å². The Morgan fingerprint density at radius 1 is 1.00 bits per heavy atom. The lowest BCUT2D eigenvalue weighted by atomic mass is 9.90. The average Bonchev–Trinajstić information content (AvgIpc) is 3.31. The molecular weight excluding hydrogens is 490 g/mol. The van der Waals surface area contributed by atoms with E-state index in [9.17, 15) is 4.79 Å². The fourth-order valence-electron chi connectivity index (χ4n) is 5.64. The molecule has 39 heavy (non-hydrogen) atoms. The number of para-hydroxylation sites is 1. The van der Waals surface area contributed by atoms with Gasteiger partial charge in [-0.05, 0) is 82.1 Å². The van der Waals surface area contributed by atoms with Crippen LogP contribution in [0.2, 0.25) is 0 Å². The van der Waals surface area contributed by atoms with E-state index in [1.807, 2.05) is 78.3 Å². The molecule has 1 atom stereocenters. The lowest BCUT2D eigenvalue weighted by molar-refractivity contribution is -0.128. The summed E-state index contributed by atoms with van der Waals surface area (Å²) in [5, 5.41) is 9.06. The van der Waals surface area contributed by atoms with E-state index >= 15 is 0 Å². The number of amides is 1. The Kier molecular flexibility index (Phi) is 7.79. The van der Waals surface area contributed by atoms with Crippen LogP contribution in [0.4, 0.5) is 5.82 Å². The van der Waals surface area contributed by atoms with E-state index in [-0.39, 0.29) is 30.0 Å². The largest absolute Gasteiger partial charge is 0.457 e. The quantitative estimate of drug-likeness (QED) is 0.330. The standard InChI is InChI=1S/C30H37N7O2/c1-19(2)27(36(3)4)30(38)34-21-12-14-22(15-13-21)37-29-25(28(31)32-18-33-29)26(35-37)20-10-16-24(17-11-20)39-23-8-6-5-7-9-23/h5-11,16-19,21-22,27H,12-15H2,1-4H3,(H,34,38)(H2,31,32,33)/t21?,22?,27-/m0/s1. The third kappa shape index (κ3) is 5.73. The molecule has 1 aliphatic rings. The zero-order valence-electron chi connectivity index (χ0n) is 23.0. The molecule has 0 radical (unpaired) electrons. The van der Waals surface area contributed by atoms with E-state index in [4.69, 9.17) is 15.6 Å². The molecule has 0 saturated heterocycles. The number of fused-ring (bicyclic) bond motifs is 1. The van der Waals surface area contributed by atoms with E-state index in [2.05, 4.69) is 29.1 Å². The molecule has 2 aromatic carbocycles. The summed E-state index contributed by atoms with van der Waals surface area (Å²) in [5.41, 5.74) is 8.76. The fourth-order valence-corrected chi connectivity index (χ4v) is 5.64. The summed E-state index contributed by atoms with van der Waals surface area (Å²) in [4.78, 5) is 23.8. The Morgan fingerprint density at radius 3 is 2.31 bits per heavy atom. The summed E-state index contributed by atoms with van der Waals surface area (Å²) in [6.07, 6.45) is 5.05. The first-order valence-corrected chi connectivity index (χ1v) is 13.6. The number of nitrogens with one attached hydrogen (secondary N) is 1. The highest BCUT2D eigenvalue weighted by Gasteiger charge is 2.30. The van der Waals surface area contributed by atoms with Crippen molar-refractivity contribution < 1.29 is 9.53 Å². The smallest absolute Gasteiger partial charge is 0.237 e. The molecule has 4 aromatic rings. The van der Waals surface area contributed by atoms with Crippen molar-refractivity contribution in [3.05, 3.63) is 60.9 Å². The third-order valence-corrected chi connectivity index (χ3v) is 7.47. The van der Waals surface area contributed by atoms with Crippen LogP contribution in [0.3, 0.4) is 0 Å². The molecule has 1 saturated carbocycles. The van der Waals surface area contributed by atoms with E-state index in [1.54, 1.807) is 0 Å². The molecule has 0 spiro atoms. The lowest BCUT2D eigenvalue weighted by Crippen LogP contribution is -2.50. The van der Waals surface area contributed by atoms with E-state index in [0.717, 1.165) is 59.5 Å². The van der Waals surface area contributed by atoms with Gasteiger partial charge in [-0.3, -0.25) is 9.69 Å². The molecule has 9 nitrogen and oxygen atoms in total. The highest BCUT2D eigenvalue weighted by molar-refractivity contribution is 5.98. The summed E-state index contributed by atoms with van der Waals surface area (Å²) in [7, 11) is 3.91. The van der Waals surface area contributed by atoms with Crippen molar-refractivity contribution in [2.45, 2.75) is 57.7 Å². The minimum Gasteiger partial charge on any atom is -0.457 e. The van der Waals surface area contributed by atoms with Gasteiger partial charge in [-0.15, -0.1) is 0 Å². The molecule has 1 fully saturated rings. The van der Waals surface area contributed by atoms with Gasteiger partial charge in [-0.25, -0.2) is 14.6 Å². The number of anilines is 1. The molecule has 2 heterocycles. The minimum absolute atomic E-state index is 0.102. The number of carbonyl (C=O) groups excluding carboxylic acids is 1. The first-order valence-electron chi connectivity index (χ1n) is 13.6. The van der Waals surface area contributed by atoms with Crippen LogP contribution in [-0.4, -0.2) is 56.7 Å². The molecule has 0 bridgehead atoms.